The summed E-state index contributed by atoms with van der Waals surface area (Å²) in [6, 6.07) is 13.3. The molecule has 0 spiro atoms. The largest absolute Gasteiger partial charge is 0.465 e. The van der Waals surface area contributed by atoms with Crippen LogP contribution in [0.1, 0.15) is 42.4 Å². The number of nitrogens with zero attached hydrogens (tertiary/aromatic N) is 2. The van der Waals surface area contributed by atoms with Crippen molar-refractivity contribution < 1.29 is 19.1 Å². The Morgan fingerprint density at radius 3 is 2.57 bits per heavy atom. The van der Waals surface area contributed by atoms with Crippen molar-refractivity contribution in [1.82, 2.24) is 15.3 Å². The number of aromatic nitrogens is 1. The number of para-hydroxylation sites is 1. The van der Waals surface area contributed by atoms with Gasteiger partial charge in [-0.2, -0.15) is 5.10 Å². The highest BCUT2D eigenvalue weighted by Crippen LogP contribution is 2.24. The Balaban J connectivity index is 1.77. The fourth-order valence-corrected chi connectivity index (χ4v) is 3.97. The van der Waals surface area contributed by atoms with E-state index in [0.29, 0.717) is 17.2 Å². The van der Waals surface area contributed by atoms with Crippen molar-refractivity contribution in [2.45, 2.75) is 40.3 Å². The molecule has 0 aliphatic rings. The summed E-state index contributed by atoms with van der Waals surface area (Å²) < 4.78 is 6.96. The Bertz CT molecular complexity index is 1270. The molecular weight excluding hydrogens is 468 g/mol. The van der Waals surface area contributed by atoms with Gasteiger partial charge in [-0.3, -0.25) is 14.4 Å². The first-order chi connectivity index (χ1) is 16.7. The second-order valence-electron chi connectivity index (χ2n) is 8.35. The third kappa shape index (κ3) is 6.27. The molecule has 3 aromatic rings. The average molecular weight is 497 g/mol. The molecule has 1 atom stereocenters. The fraction of sp³-hybridized carbons (Fsp3) is 0.308. The Hall–Kier alpha value is -3.65. The molecule has 1 unspecified atom stereocenters. The summed E-state index contributed by atoms with van der Waals surface area (Å²) in [5.41, 5.74) is 5.34. The SMILES string of the molecule is CCOC(=O)Cn1c(C)c(C=NNC(=O)C(NC(=O)c2cccc(Cl)c2)C(C)C)c2ccccc21. The minimum atomic E-state index is -0.801. The number of carbonyl (C=O) groups is 3. The van der Waals surface area contributed by atoms with E-state index in [1.807, 2.05) is 49.6 Å². The van der Waals surface area contributed by atoms with Gasteiger partial charge in [0.05, 0.1) is 12.8 Å². The molecule has 2 aromatic carbocycles. The molecule has 2 amide bonds. The molecule has 0 saturated heterocycles. The Morgan fingerprint density at radius 1 is 1.14 bits per heavy atom. The van der Waals surface area contributed by atoms with E-state index in [0.717, 1.165) is 22.2 Å². The highest BCUT2D eigenvalue weighted by atomic mass is 35.5. The van der Waals surface area contributed by atoms with Crippen LogP contribution in [0.2, 0.25) is 5.02 Å². The average Bonchev–Trinajstić information content (AvgIpc) is 3.08. The number of carbonyl (C=O) groups excluding carboxylic acids is 3. The summed E-state index contributed by atoms with van der Waals surface area (Å²) in [7, 11) is 0. The van der Waals surface area contributed by atoms with Crippen LogP contribution in [-0.2, 0) is 20.9 Å². The lowest BCUT2D eigenvalue weighted by Crippen LogP contribution is -2.48. The molecule has 184 valence electrons. The summed E-state index contributed by atoms with van der Waals surface area (Å²) in [5, 5.41) is 8.23. The van der Waals surface area contributed by atoms with Crippen LogP contribution in [0.5, 0.6) is 0 Å². The Kier molecular flexibility index (Phi) is 8.65. The predicted octanol–water partition coefficient (Wildman–Crippen LogP) is 4.07. The molecule has 1 aromatic heterocycles. The van der Waals surface area contributed by atoms with Crippen LogP contribution in [0.25, 0.3) is 10.9 Å². The smallest absolute Gasteiger partial charge is 0.325 e. The number of hydrazone groups is 1. The first-order valence-electron chi connectivity index (χ1n) is 11.4. The number of rotatable bonds is 9. The molecule has 1 heterocycles. The molecule has 0 aliphatic carbocycles. The minimum absolute atomic E-state index is 0.0747. The highest BCUT2D eigenvalue weighted by Gasteiger charge is 2.25. The van der Waals surface area contributed by atoms with Crippen molar-refractivity contribution in [3.8, 4) is 0 Å². The van der Waals surface area contributed by atoms with Gasteiger partial charge in [0.15, 0.2) is 0 Å². The van der Waals surface area contributed by atoms with E-state index in [1.54, 1.807) is 37.4 Å². The van der Waals surface area contributed by atoms with Crippen molar-refractivity contribution in [2.75, 3.05) is 6.61 Å². The van der Waals surface area contributed by atoms with Gasteiger partial charge >= 0.3 is 5.97 Å². The number of hydrogen-bond acceptors (Lipinski definition) is 5. The topological polar surface area (TPSA) is 102 Å². The lowest BCUT2D eigenvalue weighted by molar-refractivity contribution is -0.143. The van der Waals surface area contributed by atoms with E-state index >= 15 is 0 Å². The maximum atomic E-state index is 12.8. The molecule has 0 fully saturated rings. The number of ether oxygens (including phenoxy) is 1. The van der Waals surface area contributed by atoms with Gasteiger partial charge < -0.3 is 14.6 Å². The molecule has 0 saturated carbocycles. The minimum Gasteiger partial charge on any atom is -0.465 e. The number of benzene rings is 2. The van der Waals surface area contributed by atoms with Crippen LogP contribution in [0.15, 0.2) is 53.6 Å². The first-order valence-corrected chi connectivity index (χ1v) is 11.7. The van der Waals surface area contributed by atoms with Crippen LogP contribution >= 0.6 is 11.6 Å². The van der Waals surface area contributed by atoms with Crippen LogP contribution in [0, 0.1) is 12.8 Å². The van der Waals surface area contributed by atoms with Crippen molar-refractivity contribution >= 4 is 46.5 Å². The van der Waals surface area contributed by atoms with Gasteiger partial charge in [0.1, 0.15) is 12.6 Å². The molecule has 8 nitrogen and oxygen atoms in total. The van der Waals surface area contributed by atoms with E-state index < -0.39 is 17.9 Å². The standard InChI is InChI=1S/C26H29ClN4O4/c1-5-35-23(32)15-31-17(4)21(20-11-6-7-12-22(20)31)14-28-30-26(34)24(16(2)3)29-25(33)18-9-8-10-19(27)13-18/h6-14,16,24H,5,15H2,1-4H3,(H,29,33)(H,30,34). The number of halogens is 1. The molecule has 3 rings (SSSR count). The quantitative estimate of drug-likeness (QED) is 0.265. The predicted molar refractivity (Wildman–Crippen MR) is 137 cm³/mol. The van der Waals surface area contributed by atoms with Gasteiger partial charge in [0, 0.05) is 32.7 Å². The van der Waals surface area contributed by atoms with Crippen LogP contribution in [-0.4, -0.2) is 41.2 Å². The summed E-state index contributed by atoms with van der Waals surface area (Å²) in [4.78, 5) is 37.6. The van der Waals surface area contributed by atoms with Gasteiger partial charge in [-0.05, 0) is 44.0 Å². The molecule has 0 bridgehead atoms. The number of nitrogens with one attached hydrogen (secondary N) is 2. The Morgan fingerprint density at radius 2 is 1.89 bits per heavy atom. The maximum Gasteiger partial charge on any atom is 0.325 e. The van der Waals surface area contributed by atoms with Crippen LogP contribution < -0.4 is 10.7 Å². The van der Waals surface area contributed by atoms with E-state index in [9.17, 15) is 14.4 Å². The summed E-state index contributed by atoms with van der Waals surface area (Å²) in [6.45, 7) is 7.69. The highest BCUT2D eigenvalue weighted by molar-refractivity contribution is 6.31. The van der Waals surface area contributed by atoms with Crippen molar-refractivity contribution in [2.24, 2.45) is 11.0 Å². The van der Waals surface area contributed by atoms with Gasteiger partial charge in [0.2, 0.25) is 0 Å². The van der Waals surface area contributed by atoms with Gasteiger partial charge in [-0.15, -0.1) is 0 Å². The fourth-order valence-electron chi connectivity index (χ4n) is 3.78. The number of amides is 2. The zero-order valence-electron chi connectivity index (χ0n) is 20.2. The molecule has 0 aliphatic heterocycles. The van der Waals surface area contributed by atoms with Crippen molar-refractivity contribution in [3.05, 3.63) is 70.4 Å². The van der Waals surface area contributed by atoms with E-state index in [4.69, 9.17) is 16.3 Å². The van der Waals surface area contributed by atoms with Crippen molar-refractivity contribution in [3.63, 3.8) is 0 Å². The van der Waals surface area contributed by atoms with Gasteiger partial charge in [-0.25, -0.2) is 5.43 Å². The van der Waals surface area contributed by atoms with E-state index in [1.165, 1.54) is 0 Å². The van der Waals surface area contributed by atoms with E-state index in [-0.39, 0.29) is 18.4 Å². The molecular formula is C26H29ClN4O4. The van der Waals surface area contributed by atoms with Crippen LogP contribution in [0.3, 0.4) is 0 Å². The second kappa shape index (κ2) is 11.7. The normalized spacial score (nSPS) is 12.2. The zero-order valence-corrected chi connectivity index (χ0v) is 20.9. The third-order valence-corrected chi connectivity index (χ3v) is 5.80. The molecule has 35 heavy (non-hydrogen) atoms. The lowest BCUT2D eigenvalue weighted by Gasteiger charge is -2.20. The van der Waals surface area contributed by atoms with Crippen molar-refractivity contribution in [1.29, 1.82) is 0 Å². The van der Waals surface area contributed by atoms with Gasteiger partial charge in [0.25, 0.3) is 11.8 Å². The molecule has 9 heteroatoms. The van der Waals surface area contributed by atoms with E-state index in [2.05, 4.69) is 15.8 Å². The first kappa shape index (κ1) is 26.0. The zero-order chi connectivity index (χ0) is 25.5. The third-order valence-electron chi connectivity index (χ3n) is 5.56. The summed E-state index contributed by atoms with van der Waals surface area (Å²) >= 11 is 5.97. The molecule has 2 N–H and O–H groups in total. The number of fused-ring (bicyclic) bond motifs is 1. The summed E-state index contributed by atoms with van der Waals surface area (Å²) in [5.74, 6) is -1.35. The monoisotopic (exact) mass is 496 g/mol. The second-order valence-corrected chi connectivity index (χ2v) is 8.78. The number of esters is 1. The lowest BCUT2D eigenvalue weighted by atomic mass is 10.0. The maximum absolute atomic E-state index is 12.8. The van der Waals surface area contributed by atoms with Gasteiger partial charge in [-0.1, -0.05) is 49.7 Å². The number of hydrogen-bond donors (Lipinski definition) is 2. The Labute approximate surface area is 209 Å². The van der Waals surface area contributed by atoms with Crippen LogP contribution in [0.4, 0.5) is 0 Å². The molecule has 0 radical (unpaired) electrons. The summed E-state index contributed by atoms with van der Waals surface area (Å²) in [6.07, 6.45) is 1.55.